The number of rotatable bonds is 4. The Labute approximate surface area is 136 Å². The van der Waals surface area contributed by atoms with E-state index in [-0.39, 0.29) is 28.6 Å². The van der Waals surface area contributed by atoms with E-state index < -0.39 is 16.7 Å². The van der Waals surface area contributed by atoms with Crippen LogP contribution in [0.2, 0.25) is 0 Å². The molecule has 0 fully saturated rings. The number of phenols is 1. The van der Waals surface area contributed by atoms with Crippen LogP contribution in [0.1, 0.15) is 0 Å². The van der Waals surface area contributed by atoms with Crippen molar-refractivity contribution in [3.63, 3.8) is 0 Å². The number of carbonyl (C=O) groups excluding carboxylic acids is 2. The monoisotopic (exact) mass is 331 g/mol. The molecule has 0 aliphatic heterocycles. The molecule has 2 aromatic rings. The van der Waals surface area contributed by atoms with Gasteiger partial charge in [0.25, 0.3) is 5.69 Å². The van der Waals surface area contributed by atoms with Crippen molar-refractivity contribution in [1.29, 1.82) is 0 Å². The molecule has 0 saturated carbocycles. The van der Waals surface area contributed by atoms with Crippen molar-refractivity contribution in [3.8, 4) is 11.5 Å². The smallest absolute Gasteiger partial charge is 0.314 e. The van der Waals surface area contributed by atoms with Crippen molar-refractivity contribution in [2.45, 2.75) is 0 Å². The Morgan fingerprint density at radius 3 is 2.46 bits per heavy atom. The number of ether oxygens (including phenoxy) is 1. The lowest BCUT2D eigenvalue weighted by Gasteiger charge is -2.10. The fraction of sp³-hybridized carbons (Fsp3) is 0.0667. The molecule has 0 aliphatic carbocycles. The lowest BCUT2D eigenvalue weighted by Crippen LogP contribution is -2.29. The summed E-state index contributed by atoms with van der Waals surface area (Å²) in [5.74, 6) is -1.96. The number of nitro groups is 1. The lowest BCUT2D eigenvalue weighted by atomic mass is 10.2. The van der Waals surface area contributed by atoms with Gasteiger partial charge in [-0.3, -0.25) is 19.7 Å². The van der Waals surface area contributed by atoms with E-state index in [9.17, 15) is 24.8 Å². The van der Waals surface area contributed by atoms with Gasteiger partial charge in [0.15, 0.2) is 0 Å². The zero-order valence-electron chi connectivity index (χ0n) is 12.5. The molecule has 0 heterocycles. The van der Waals surface area contributed by atoms with Gasteiger partial charge in [-0.15, -0.1) is 0 Å². The molecule has 0 unspecified atom stereocenters. The van der Waals surface area contributed by atoms with Crippen LogP contribution in [-0.4, -0.2) is 29.0 Å². The minimum atomic E-state index is -1.04. The van der Waals surface area contributed by atoms with Crippen LogP contribution >= 0.6 is 0 Å². The third-order valence-corrected chi connectivity index (χ3v) is 2.95. The Kier molecular flexibility index (Phi) is 4.95. The summed E-state index contributed by atoms with van der Waals surface area (Å²) >= 11 is 0. The van der Waals surface area contributed by atoms with Crippen molar-refractivity contribution < 1.29 is 24.4 Å². The van der Waals surface area contributed by atoms with E-state index >= 15 is 0 Å². The summed E-state index contributed by atoms with van der Waals surface area (Å²) < 4.78 is 4.99. The fourth-order valence-electron chi connectivity index (χ4n) is 1.86. The number of non-ortho nitro benzene ring substituents is 1. The number of anilines is 2. The minimum absolute atomic E-state index is 0.0113. The van der Waals surface area contributed by atoms with Gasteiger partial charge in [-0.2, -0.15) is 0 Å². The second-order valence-corrected chi connectivity index (χ2v) is 4.60. The van der Waals surface area contributed by atoms with Crippen LogP contribution in [-0.2, 0) is 9.59 Å². The molecule has 0 bridgehead atoms. The van der Waals surface area contributed by atoms with E-state index in [1.165, 1.54) is 43.5 Å². The third-order valence-electron chi connectivity index (χ3n) is 2.95. The second kappa shape index (κ2) is 7.09. The molecule has 0 spiro atoms. The van der Waals surface area contributed by atoms with Crippen molar-refractivity contribution in [1.82, 2.24) is 0 Å². The molecule has 2 amide bonds. The predicted octanol–water partition coefficient (Wildman–Crippen LogP) is 1.89. The number of benzene rings is 2. The maximum absolute atomic E-state index is 11.9. The summed E-state index contributed by atoms with van der Waals surface area (Å²) in [4.78, 5) is 34.0. The van der Waals surface area contributed by atoms with E-state index in [0.29, 0.717) is 0 Å². The number of nitrogens with zero attached hydrogens (tertiary/aromatic N) is 1. The molecule has 2 aromatic carbocycles. The van der Waals surface area contributed by atoms with Crippen LogP contribution in [0.5, 0.6) is 11.5 Å². The number of phenolic OH excluding ortho intramolecular Hbond substituents is 1. The molecule has 124 valence electrons. The van der Waals surface area contributed by atoms with E-state index in [1.807, 2.05) is 0 Å². The molecule has 3 N–H and O–H groups in total. The van der Waals surface area contributed by atoms with Crippen LogP contribution in [0.4, 0.5) is 17.1 Å². The topological polar surface area (TPSA) is 131 Å². The maximum Gasteiger partial charge on any atom is 0.314 e. The molecular formula is C15H13N3O6. The molecule has 9 heteroatoms. The van der Waals surface area contributed by atoms with Crippen molar-refractivity contribution in [2.75, 3.05) is 17.7 Å². The number of methoxy groups -OCH3 is 1. The van der Waals surface area contributed by atoms with Gasteiger partial charge in [-0.1, -0.05) is 6.07 Å². The van der Waals surface area contributed by atoms with E-state index in [2.05, 4.69) is 10.6 Å². The average molecular weight is 331 g/mol. The molecule has 0 atom stereocenters. The molecule has 0 saturated heterocycles. The van der Waals surface area contributed by atoms with Crippen molar-refractivity contribution in [2.24, 2.45) is 0 Å². The summed E-state index contributed by atoms with van der Waals surface area (Å²) in [6.07, 6.45) is 0. The summed E-state index contributed by atoms with van der Waals surface area (Å²) in [6.45, 7) is 0. The molecular weight excluding hydrogens is 318 g/mol. The van der Waals surface area contributed by atoms with Crippen LogP contribution < -0.4 is 15.4 Å². The number of hydrogen-bond donors (Lipinski definition) is 3. The molecule has 0 radical (unpaired) electrons. The minimum Gasteiger partial charge on any atom is -0.508 e. The highest BCUT2D eigenvalue weighted by Crippen LogP contribution is 2.28. The first kappa shape index (κ1) is 16.7. The number of amides is 2. The Bertz CT molecular complexity index is 806. The molecule has 9 nitrogen and oxygen atoms in total. The Hall–Kier alpha value is -3.62. The fourth-order valence-corrected chi connectivity index (χ4v) is 1.86. The maximum atomic E-state index is 11.9. The molecule has 0 aliphatic rings. The average Bonchev–Trinajstić information content (AvgIpc) is 2.54. The van der Waals surface area contributed by atoms with Crippen LogP contribution in [0, 0.1) is 10.1 Å². The quantitative estimate of drug-likeness (QED) is 0.445. The van der Waals surface area contributed by atoms with Crippen LogP contribution in [0.25, 0.3) is 0 Å². The number of nitro benzene ring substituents is 1. The van der Waals surface area contributed by atoms with Crippen LogP contribution in [0.3, 0.4) is 0 Å². The zero-order valence-corrected chi connectivity index (χ0v) is 12.5. The van der Waals surface area contributed by atoms with Crippen LogP contribution in [0.15, 0.2) is 42.5 Å². The second-order valence-electron chi connectivity index (χ2n) is 4.60. The Balaban J connectivity index is 2.15. The Morgan fingerprint density at radius 1 is 1.12 bits per heavy atom. The summed E-state index contributed by atoms with van der Waals surface area (Å²) in [6, 6.07) is 9.24. The number of carbonyl (C=O) groups is 2. The summed E-state index contributed by atoms with van der Waals surface area (Å²) in [5, 5.41) is 24.7. The summed E-state index contributed by atoms with van der Waals surface area (Å²) in [7, 11) is 1.32. The van der Waals surface area contributed by atoms with Gasteiger partial charge in [0.1, 0.15) is 11.5 Å². The van der Waals surface area contributed by atoms with E-state index in [4.69, 9.17) is 4.74 Å². The normalized spacial score (nSPS) is 9.88. The highest BCUT2D eigenvalue weighted by Gasteiger charge is 2.18. The number of nitrogens with one attached hydrogen (secondary N) is 2. The van der Waals surface area contributed by atoms with Gasteiger partial charge in [0.05, 0.1) is 17.7 Å². The standard InChI is InChI=1S/C15H13N3O6/c1-24-13-6-5-10(18(22)23)8-12(13)17-15(21)14(20)16-9-3-2-4-11(19)7-9/h2-8,19H,1H3,(H,16,20)(H,17,21). The highest BCUT2D eigenvalue weighted by atomic mass is 16.6. The molecule has 24 heavy (non-hydrogen) atoms. The molecule has 0 aromatic heterocycles. The van der Waals surface area contributed by atoms with Crippen molar-refractivity contribution >= 4 is 28.9 Å². The van der Waals surface area contributed by atoms with Crippen molar-refractivity contribution in [3.05, 3.63) is 52.6 Å². The van der Waals surface area contributed by atoms with Gasteiger partial charge in [0, 0.05) is 23.9 Å². The van der Waals surface area contributed by atoms with Gasteiger partial charge in [-0.25, -0.2) is 0 Å². The SMILES string of the molecule is COc1ccc([N+](=O)[O-])cc1NC(=O)C(=O)Nc1cccc(O)c1. The lowest BCUT2D eigenvalue weighted by molar-refractivity contribution is -0.384. The first-order valence-electron chi connectivity index (χ1n) is 6.64. The third kappa shape index (κ3) is 3.97. The van der Waals surface area contributed by atoms with Gasteiger partial charge in [0.2, 0.25) is 0 Å². The van der Waals surface area contributed by atoms with Gasteiger partial charge in [-0.05, 0) is 18.2 Å². The first-order valence-corrected chi connectivity index (χ1v) is 6.64. The van der Waals surface area contributed by atoms with E-state index in [1.54, 1.807) is 0 Å². The first-order chi connectivity index (χ1) is 11.4. The van der Waals surface area contributed by atoms with Gasteiger partial charge < -0.3 is 20.5 Å². The zero-order chi connectivity index (χ0) is 17.7. The summed E-state index contributed by atoms with van der Waals surface area (Å²) in [5.41, 5.74) is -0.0524. The number of hydrogen-bond acceptors (Lipinski definition) is 6. The van der Waals surface area contributed by atoms with Gasteiger partial charge >= 0.3 is 11.8 Å². The largest absolute Gasteiger partial charge is 0.508 e. The predicted molar refractivity (Wildman–Crippen MR) is 85.0 cm³/mol. The Morgan fingerprint density at radius 2 is 1.83 bits per heavy atom. The highest BCUT2D eigenvalue weighted by molar-refractivity contribution is 6.43. The number of aromatic hydroxyl groups is 1. The van der Waals surface area contributed by atoms with E-state index in [0.717, 1.165) is 6.07 Å². The molecule has 2 rings (SSSR count).